The first kappa shape index (κ1) is 22.0. The molecule has 0 bridgehead atoms. The van der Waals surface area contributed by atoms with Gasteiger partial charge in [0, 0.05) is 33.1 Å². The topological polar surface area (TPSA) is 36.9 Å². The summed E-state index contributed by atoms with van der Waals surface area (Å²) in [6.07, 6.45) is -4.54. The van der Waals surface area contributed by atoms with Gasteiger partial charge < -0.3 is 15.0 Å². The second kappa shape index (κ2) is 10.8. The van der Waals surface area contributed by atoms with Crippen LogP contribution in [0.5, 0.6) is 5.75 Å². The second-order valence-electron chi connectivity index (χ2n) is 5.69. The molecule has 0 spiro atoms. The van der Waals surface area contributed by atoms with Crippen LogP contribution in [0, 0.1) is 0 Å². The molecule has 0 atom stereocenters. The summed E-state index contributed by atoms with van der Waals surface area (Å²) in [4.78, 5) is 6.14. The van der Waals surface area contributed by atoms with Crippen LogP contribution < -0.4 is 10.1 Å². The molecule has 1 aromatic rings. The van der Waals surface area contributed by atoms with Gasteiger partial charge in [-0.1, -0.05) is 12.1 Å². The van der Waals surface area contributed by atoms with Crippen LogP contribution in [0.4, 0.5) is 22.0 Å². The summed E-state index contributed by atoms with van der Waals surface area (Å²) in [5.41, 5.74) is 0.858. The lowest BCUT2D eigenvalue weighted by Crippen LogP contribution is -2.38. The van der Waals surface area contributed by atoms with Gasteiger partial charge in [0.2, 0.25) is 0 Å². The quantitative estimate of drug-likeness (QED) is 0.298. The van der Waals surface area contributed by atoms with Gasteiger partial charge in [-0.05, 0) is 37.5 Å². The maximum Gasteiger partial charge on any atom is 0.389 e. The van der Waals surface area contributed by atoms with E-state index in [2.05, 4.69) is 15.0 Å². The summed E-state index contributed by atoms with van der Waals surface area (Å²) in [5.74, 6) is 0.657. The fourth-order valence-electron chi connectivity index (χ4n) is 2.22. The van der Waals surface area contributed by atoms with Gasteiger partial charge in [0.05, 0.1) is 0 Å². The molecule has 0 fully saturated rings. The minimum absolute atomic E-state index is 0.0434. The lowest BCUT2D eigenvalue weighted by molar-refractivity contribution is -0.135. The number of ether oxygens (including phenoxy) is 1. The summed E-state index contributed by atoms with van der Waals surface area (Å²) < 4.78 is 65.0. The Balaban J connectivity index is 2.55. The second-order valence-corrected chi connectivity index (χ2v) is 5.69. The van der Waals surface area contributed by atoms with E-state index in [9.17, 15) is 22.0 Å². The Labute approximate surface area is 150 Å². The van der Waals surface area contributed by atoms with Crippen LogP contribution in [0.1, 0.15) is 31.7 Å². The summed E-state index contributed by atoms with van der Waals surface area (Å²) in [6, 6.07) is 6.25. The fraction of sp³-hybridized carbons (Fsp3) is 0.588. The molecule has 0 saturated heterocycles. The van der Waals surface area contributed by atoms with E-state index in [0.717, 1.165) is 5.56 Å². The van der Waals surface area contributed by atoms with E-state index < -0.39 is 19.2 Å². The maximum absolute atomic E-state index is 12.1. The summed E-state index contributed by atoms with van der Waals surface area (Å²) >= 11 is 0. The molecule has 1 N–H and O–H groups in total. The largest absolute Gasteiger partial charge is 0.435 e. The molecule has 0 amide bonds. The third kappa shape index (κ3) is 9.43. The number of benzene rings is 1. The monoisotopic (exact) mass is 381 g/mol. The lowest BCUT2D eigenvalue weighted by atomic mass is 10.2. The van der Waals surface area contributed by atoms with Gasteiger partial charge in [-0.15, -0.1) is 0 Å². The molecule has 4 nitrogen and oxygen atoms in total. The van der Waals surface area contributed by atoms with Crippen LogP contribution in [0.3, 0.4) is 0 Å². The Bertz CT molecular complexity index is 546. The lowest BCUT2D eigenvalue weighted by Gasteiger charge is -2.22. The van der Waals surface area contributed by atoms with Crippen LogP contribution in [0.25, 0.3) is 0 Å². The first-order valence-corrected chi connectivity index (χ1v) is 8.31. The Morgan fingerprint density at radius 3 is 2.38 bits per heavy atom. The van der Waals surface area contributed by atoms with Crippen molar-refractivity contribution in [3.05, 3.63) is 29.8 Å². The van der Waals surface area contributed by atoms with Crippen molar-refractivity contribution in [2.24, 2.45) is 4.99 Å². The first-order chi connectivity index (χ1) is 12.2. The number of unbranched alkanes of at least 4 members (excludes halogenated alkanes) is 1. The minimum atomic E-state index is -4.13. The molecule has 0 aliphatic carbocycles. The van der Waals surface area contributed by atoms with E-state index in [4.69, 9.17) is 0 Å². The number of aliphatic imine (C=N–C) groups is 1. The Morgan fingerprint density at radius 2 is 1.85 bits per heavy atom. The van der Waals surface area contributed by atoms with Gasteiger partial charge in [-0.2, -0.15) is 22.0 Å². The number of halogens is 5. The number of nitrogens with one attached hydrogen (secondary N) is 1. The predicted molar refractivity (Wildman–Crippen MR) is 90.4 cm³/mol. The van der Waals surface area contributed by atoms with Crippen LogP contribution in [0.15, 0.2) is 29.3 Å². The average molecular weight is 381 g/mol. The normalized spacial score (nSPS) is 12.4. The van der Waals surface area contributed by atoms with E-state index in [1.54, 1.807) is 19.2 Å². The molecule has 0 heterocycles. The van der Waals surface area contributed by atoms with Gasteiger partial charge in [0.15, 0.2) is 5.96 Å². The molecule has 0 radical (unpaired) electrons. The Kier molecular flexibility index (Phi) is 9.15. The van der Waals surface area contributed by atoms with Crippen molar-refractivity contribution in [2.45, 2.75) is 45.5 Å². The molecule has 1 rings (SSSR count). The van der Waals surface area contributed by atoms with Gasteiger partial charge in [-0.3, -0.25) is 4.99 Å². The van der Waals surface area contributed by atoms with E-state index in [-0.39, 0.29) is 12.2 Å². The minimum Gasteiger partial charge on any atom is -0.435 e. The van der Waals surface area contributed by atoms with E-state index in [1.165, 1.54) is 12.1 Å². The molecule has 0 aliphatic rings. The average Bonchev–Trinajstić information content (AvgIpc) is 2.53. The SMILES string of the molecule is CCNC(=NCCCCC(F)(F)F)N(C)Cc1ccc(OC(F)F)cc1. The molecule has 0 saturated carbocycles. The van der Waals surface area contributed by atoms with Gasteiger partial charge in [-0.25, -0.2) is 0 Å². The van der Waals surface area contributed by atoms with Crippen molar-refractivity contribution in [3.63, 3.8) is 0 Å². The number of nitrogens with zero attached hydrogens (tertiary/aromatic N) is 2. The van der Waals surface area contributed by atoms with Crippen LogP contribution in [-0.4, -0.2) is 43.8 Å². The predicted octanol–water partition coefficient (Wildman–Crippen LogP) is 4.42. The van der Waals surface area contributed by atoms with Crippen molar-refractivity contribution in [1.29, 1.82) is 0 Å². The maximum atomic E-state index is 12.1. The van der Waals surface area contributed by atoms with Crippen molar-refractivity contribution in [3.8, 4) is 5.75 Å². The van der Waals surface area contributed by atoms with Gasteiger partial charge >= 0.3 is 12.8 Å². The van der Waals surface area contributed by atoms with E-state index in [0.29, 0.717) is 32.0 Å². The standard InChI is InChI=1S/C17H24F5N3O/c1-3-23-16(24-11-5-4-10-17(20,21)22)25(2)12-13-6-8-14(9-7-13)26-15(18)19/h6-9,15H,3-5,10-12H2,1-2H3,(H,23,24). The summed E-state index contributed by atoms with van der Waals surface area (Å²) in [5, 5.41) is 3.08. The van der Waals surface area contributed by atoms with Gasteiger partial charge in [0.1, 0.15) is 5.75 Å². The number of alkyl halides is 5. The van der Waals surface area contributed by atoms with Crippen molar-refractivity contribution in [2.75, 3.05) is 20.1 Å². The highest BCUT2D eigenvalue weighted by Crippen LogP contribution is 2.22. The summed E-state index contributed by atoms with van der Waals surface area (Å²) in [6.45, 7) is 0.400. The molecule has 0 unspecified atom stereocenters. The molecule has 148 valence electrons. The van der Waals surface area contributed by atoms with E-state index in [1.807, 2.05) is 11.8 Å². The molecular weight excluding hydrogens is 357 g/mol. The number of hydrogen-bond acceptors (Lipinski definition) is 2. The number of guanidine groups is 1. The zero-order valence-electron chi connectivity index (χ0n) is 14.8. The molecule has 0 aliphatic heterocycles. The molecule has 0 aromatic heterocycles. The number of hydrogen-bond donors (Lipinski definition) is 1. The van der Waals surface area contributed by atoms with Crippen molar-refractivity contribution < 1.29 is 26.7 Å². The van der Waals surface area contributed by atoms with Crippen molar-refractivity contribution in [1.82, 2.24) is 10.2 Å². The molecule has 26 heavy (non-hydrogen) atoms. The number of rotatable bonds is 9. The molecule has 1 aromatic carbocycles. The third-order valence-corrected chi connectivity index (χ3v) is 3.39. The Morgan fingerprint density at radius 1 is 1.19 bits per heavy atom. The third-order valence-electron chi connectivity index (χ3n) is 3.39. The molecule has 9 heteroatoms. The smallest absolute Gasteiger partial charge is 0.389 e. The van der Waals surface area contributed by atoms with Gasteiger partial charge in [0.25, 0.3) is 0 Å². The van der Waals surface area contributed by atoms with Crippen LogP contribution >= 0.6 is 0 Å². The van der Waals surface area contributed by atoms with Crippen LogP contribution in [0.2, 0.25) is 0 Å². The zero-order valence-corrected chi connectivity index (χ0v) is 14.8. The zero-order chi connectivity index (χ0) is 19.6. The molecular formula is C17H24F5N3O. The fourth-order valence-corrected chi connectivity index (χ4v) is 2.22. The Hall–Kier alpha value is -2.06. The first-order valence-electron chi connectivity index (χ1n) is 8.31. The highest BCUT2D eigenvalue weighted by molar-refractivity contribution is 5.79. The summed E-state index contributed by atoms with van der Waals surface area (Å²) in [7, 11) is 1.79. The van der Waals surface area contributed by atoms with Crippen LogP contribution in [-0.2, 0) is 6.54 Å². The van der Waals surface area contributed by atoms with E-state index >= 15 is 0 Å². The van der Waals surface area contributed by atoms with Crippen molar-refractivity contribution >= 4 is 5.96 Å². The highest BCUT2D eigenvalue weighted by atomic mass is 19.4. The highest BCUT2D eigenvalue weighted by Gasteiger charge is 2.25.